The summed E-state index contributed by atoms with van der Waals surface area (Å²) in [7, 11) is 0. The monoisotopic (exact) mass is 186 g/mol. The van der Waals surface area contributed by atoms with Crippen molar-refractivity contribution in [3.63, 3.8) is 0 Å². The minimum absolute atomic E-state index is 0.157. The Morgan fingerprint density at radius 2 is 1.71 bits per heavy atom. The Morgan fingerprint density at radius 1 is 1.21 bits per heavy atom. The van der Waals surface area contributed by atoms with E-state index >= 15 is 0 Å². The molecule has 0 saturated heterocycles. The summed E-state index contributed by atoms with van der Waals surface area (Å²) in [5.74, 6) is 4.85. The van der Waals surface area contributed by atoms with Crippen LogP contribution in [0.1, 0.15) is 29.5 Å². The number of rotatable bonds is 2. The van der Waals surface area contributed by atoms with Crippen molar-refractivity contribution >= 4 is 0 Å². The van der Waals surface area contributed by atoms with Gasteiger partial charge in [-0.05, 0) is 23.8 Å². The van der Waals surface area contributed by atoms with Crippen molar-refractivity contribution in [3.8, 4) is 24.7 Å². The number of hydrogen-bond acceptors (Lipinski definition) is 0. The van der Waals surface area contributed by atoms with Crippen molar-refractivity contribution in [2.45, 2.75) is 12.8 Å². The normalized spacial score (nSPS) is 11.4. The molecule has 0 aliphatic heterocycles. The number of benzene rings is 1. The van der Waals surface area contributed by atoms with Crippen LogP contribution in [0.5, 0.6) is 0 Å². The highest BCUT2D eigenvalue weighted by Crippen LogP contribution is 2.18. The van der Waals surface area contributed by atoms with Gasteiger partial charge < -0.3 is 0 Å². The highest BCUT2D eigenvalue weighted by molar-refractivity contribution is 5.46. The summed E-state index contributed by atoms with van der Waals surface area (Å²) < 4.78 is 12.4. The molecule has 1 heteroatoms. The maximum absolute atomic E-state index is 12.4. The Hall–Kier alpha value is -1.73. The first-order chi connectivity index (χ1) is 6.71. The van der Waals surface area contributed by atoms with E-state index in [2.05, 4.69) is 11.8 Å². The molecule has 0 amide bonds. The second kappa shape index (κ2) is 4.49. The maximum Gasteiger partial charge on any atom is 0.0960 e. The van der Waals surface area contributed by atoms with E-state index in [1.54, 1.807) is 25.1 Å². The molecule has 0 fully saturated rings. The minimum Gasteiger partial charge on any atom is -0.250 e. The largest absolute Gasteiger partial charge is 0.250 e. The summed E-state index contributed by atoms with van der Waals surface area (Å²) in [6.07, 6.45) is 10.5. The maximum atomic E-state index is 12.4. The van der Waals surface area contributed by atoms with Crippen molar-refractivity contribution in [2.24, 2.45) is 0 Å². The van der Waals surface area contributed by atoms with Gasteiger partial charge in [0.1, 0.15) is 0 Å². The van der Waals surface area contributed by atoms with Crippen LogP contribution in [-0.2, 0) is 0 Å². The lowest BCUT2D eigenvalue weighted by Gasteiger charge is -2.08. The molecule has 1 atom stereocenters. The van der Waals surface area contributed by atoms with Crippen LogP contribution in [0.3, 0.4) is 0 Å². The first-order valence-corrected chi connectivity index (χ1v) is 4.35. The molecule has 0 saturated carbocycles. The second-order valence-electron chi connectivity index (χ2n) is 3.19. The lowest BCUT2D eigenvalue weighted by atomic mass is 9.97. The predicted molar refractivity (Wildman–Crippen MR) is 56.7 cm³/mol. The third-order valence-corrected chi connectivity index (χ3v) is 2.09. The van der Waals surface area contributed by atoms with Gasteiger partial charge in [0.15, 0.2) is 0 Å². The predicted octanol–water partition coefficient (Wildman–Crippen LogP) is 2.72. The number of terminal acetylenes is 2. The number of halogens is 1. The van der Waals surface area contributed by atoms with Crippen molar-refractivity contribution in [1.29, 1.82) is 0 Å². The molecule has 14 heavy (non-hydrogen) atoms. The molecule has 0 aromatic heterocycles. The van der Waals surface area contributed by atoms with E-state index in [0.717, 1.165) is 5.56 Å². The van der Waals surface area contributed by atoms with Gasteiger partial charge in [0.2, 0.25) is 0 Å². The van der Waals surface area contributed by atoms with Gasteiger partial charge in [0, 0.05) is 17.0 Å². The van der Waals surface area contributed by atoms with Gasteiger partial charge in [-0.1, -0.05) is 18.8 Å². The van der Waals surface area contributed by atoms with Crippen molar-refractivity contribution in [2.75, 3.05) is 6.67 Å². The smallest absolute Gasteiger partial charge is 0.0960 e. The average Bonchev–Trinajstić information content (AvgIpc) is 2.27. The molecule has 1 aromatic carbocycles. The topological polar surface area (TPSA) is 0 Å². The molecule has 0 spiro atoms. The van der Waals surface area contributed by atoms with Crippen LogP contribution in [0.25, 0.3) is 0 Å². The summed E-state index contributed by atoms with van der Waals surface area (Å²) in [4.78, 5) is 0. The van der Waals surface area contributed by atoms with E-state index < -0.39 is 6.67 Å². The van der Waals surface area contributed by atoms with Crippen molar-refractivity contribution in [1.82, 2.24) is 0 Å². The fraction of sp³-hybridized carbons (Fsp3) is 0.231. The molecule has 0 nitrogen and oxygen atoms in total. The SMILES string of the molecule is C#Cc1cc(C#C)cc(C(C)CF)c1. The Morgan fingerprint density at radius 3 is 2.07 bits per heavy atom. The quantitative estimate of drug-likeness (QED) is 0.623. The molecule has 1 unspecified atom stereocenters. The molecule has 1 rings (SSSR count). The van der Waals surface area contributed by atoms with Crippen LogP contribution in [-0.4, -0.2) is 6.67 Å². The first kappa shape index (κ1) is 10.4. The summed E-state index contributed by atoms with van der Waals surface area (Å²) in [6, 6.07) is 5.34. The number of hydrogen-bond donors (Lipinski definition) is 0. The second-order valence-corrected chi connectivity index (χ2v) is 3.19. The van der Waals surface area contributed by atoms with Crippen LogP contribution in [0.4, 0.5) is 4.39 Å². The molecule has 0 bridgehead atoms. The van der Waals surface area contributed by atoms with Crippen LogP contribution >= 0.6 is 0 Å². The molecule has 70 valence electrons. The van der Waals surface area contributed by atoms with Gasteiger partial charge in [-0.25, -0.2) is 0 Å². The van der Waals surface area contributed by atoms with Gasteiger partial charge >= 0.3 is 0 Å². The van der Waals surface area contributed by atoms with Gasteiger partial charge in [0.05, 0.1) is 6.67 Å². The van der Waals surface area contributed by atoms with Crippen LogP contribution in [0.2, 0.25) is 0 Å². The molecule has 0 aliphatic carbocycles. The molecule has 0 heterocycles. The lowest BCUT2D eigenvalue weighted by Crippen LogP contribution is -1.97. The number of alkyl halides is 1. The summed E-state index contributed by atoms with van der Waals surface area (Å²) in [5, 5.41) is 0. The Kier molecular flexibility index (Phi) is 3.32. The van der Waals surface area contributed by atoms with Crippen LogP contribution in [0.15, 0.2) is 18.2 Å². The highest BCUT2D eigenvalue weighted by atomic mass is 19.1. The third kappa shape index (κ3) is 2.15. The fourth-order valence-corrected chi connectivity index (χ4v) is 1.19. The van der Waals surface area contributed by atoms with Crippen molar-refractivity contribution in [3.05, 3.63) is 34.9 Å². The van der Waals surface area contributed by atoms with Gasteiger partial charge in [-0.3, -0.25) is 4.39 Å². The van der Waals surface area contributed by atoms with Crippen LogP contribution < -0.4 is 0 Å². The zero-order chi connectivity index (χ0) is 10.6. The van der Waals surface area contributed by atoms with E-state index in [1.807, 2.05) is 0 Å². The molecule has 0 N–H and O–H groups in total. The van der Waals surface area contributed by atoms with Crippen LogP contribution in [0, 0.1) is 24.7 Å². The molecule has 1 aromatic rings. The van der Waals surface area contributed by atoms with E-state index in [-0.39, 0.29) is 5.92 Å². The highest BCUT2D eigenvalue weighted by Gasteiger charge is 2.06. The van der Waals surface area contributed by atoms with Gasteiger partial charge in [-0.15, -0.1) is 12.8 Å². The van der Waals surface area contributed by atoms with Gasteiger partial charge in [0.25, 0.3) is 0 Å². The lowest BCUT2D eigenvalue weighted by molar-refractivity contribution is 0.447. The first-order valence-electron chi connectivity index (χ1n) is 4.35. The Bertz CT molecular complexity index is 372. The molecule has 0 aliphatic rings. The minimum atomic E-state index is -0.405. The standard InChI is InChI=1S/C13H11F/c1-4-11-6-12(5-2)8-13(7-11)10(3)9-14/h1-2,6-8,10H,9H2,3H3. The summed E-state index contributed by atoms with van der Waals surface area (Å²) >= 11 is 0. The summed E-state index contributed by atoms with van der Waals surface area (Å²) in [6.45, 7) is 1.40. The van der Waals surface area contributed by atoms with E-state index in [1.165, 1.54) is 0 Å². The fourth-order valence-electron chi connectivity index (χ4n) is 1.19. The van der Waals surface area contributed by atoms with E-state index in [4.69, 9.17) is 12.8 Å². The molecular formula is C13H11F. The molecular weight excluding hydrogens is 175 g/mol. The van der Waals surface area contributed by atoms with E-state index in [0.29, 0.717) is 11.1 Å². The summed E-state index contributed by atoms with van der Waals surface area (Å²) in [5.41, 5.74) is 2.27. The Labute approximate surface area is 84.1 Å². The molecule has 0 radical (unpaired) electrons. The zero-order valence-electron chi connectivity index (χ0n) is 8.05. The Balaban J connectivity index is 3.20. The van der Waals surface area contributed by atoms with E-state index in [9.17, 15) is 4.39 Å². The van der Waals surface area contributed by atoms with Crippen molar-refractivity contribution < 1.29 is 4.39 Å². The third-order valence-electron chi connectivity index (χ3n) is 2.09. The van der Waals surface area contributed by atoms with Gasteiger partial charge in [-0.2, -0.15) is 0 Å². The average molecular weight is 186 g/mol. The zero-order valence-corrected chi connectivity index (χ0v) is 8.05.